The van der Waals surface area contributed by atoms with Crippen LogP contribution < -0.4 is 38.1 Å². The van der Waals surface area contributed by atoms with Crippen LogP contribution in [0.2, 0.25) is 0 Å². The summed E-state index contributed by atoms with van der Waals surface area (Å²) < 4.78 is 4.75. The molecule has 2 aliphatic heterocycles. The van der Waals surface area contributed by atoms with Gasteiger partial charge in [-0.05, 0) is 37.1 Å². The summed E-state index contributed by atoms with van der Waals surface area (Å²) in [6, 6.07) is 6.61. The first-order valence-corrected chi connectivity index (χ1v) is 11.0. The van der Waals surface area contributed by atoms with Gasteiger partial charge in [-0.2, -0.15) is 15.0 Å². The van der Waals surface area contributed by atoms with E-state index in [1.807, 2.05) is 9.80 Å². The van der Waals surface area contributed by atoms with Gasteiger partial charge in [-0.3, -0.25) is 0 Å². The molecule has 4 rings (SSSR count). The minimum atomic E-state index is -0.401. The van der Waals surface area contributed by atoms with Gasteiger partial charge in [-0.25, -0.2) is 4.79 Å². The van der Waals surface area contributed by atoms with E-state index >= 15 is 0 Å². The van der Waals surface area contributed by atoms with Crippen LogP contribution in [-0.4, -0.2) is 78.4 Å². The molecule has 0 aliphatic carbocycles. The SMILES string of the molecule is COC(=O)c1ccc(Nc2nc(N3C[C@H](N)C[C@H](N)C3)nc(N3C[C@H](N)C[C@H](N)C3)n2)cc1. The summed E-state index contributed by atoms with van der Waals surface area (Å²) >= 11 is 0. The average molecular weight is 457 g/mol. The van der Waals surface area contributed by atoms with Crippen molar-refractivity contribution in [3.8, 4) is 0 Å². The summed E-state index contributed by atoms with van der Waals surface area (Å²) in [5.41, 5.74) is 25.9. The second-order valence-corrected chi connectivity index (χ2v) is 8.77. The summed E-state index contributed by atoms with van der Waals surface area (Å²) in [6.45, 7) is 2.40. The molecule has 1 aromatic carbocycles. The summed E-state index contributed by atoms with van der Waals surface area (Å²) in [5, 5.41) is 3.20. The number of carbonyl (C=O) groups excluding carboxylic acids is 1. The lowest BCUT2D eigenvalue weighted by molar-refractivity contribution is 0.0601. The van der Waals surface area contributed by atoms with Crippen molar-refractivity contribution in [2.45, 2.75) is 37.0 Å². The smallest absolute Gasteiger partial charge is 0.337 e. The maximum absolute atomic E-state index is 11.7. The van der Waals surface area contributed by atoms with Gasteiger partial charge in [-0.15, -0.1) is 0 Å². The predicted octanol–water partition coefficient (Wildman–Crippen LogP) is -0.869. The second-order valence-electron chi connectivity index (χ2n) is 8.77. The molecule has 0 unspecified atom stereocenters. The first-order valence-electron chi connectivity index (χ1n) is 11.0. The molecule has 0 spiro atoms. The molecule has 4 atom stereocenters. The van der Waals surface area contributed by atoms with Crippen molar-refractivity contribution < 1.29 is 9.53 Å². The van der Waals surface area contributed by atoms with E-state index in [1.165, 1.54) is 7.11 Å². The van der Waals surface area contributed by atoms with Gasteiger partial charge in [0.2, 0.25) is 17.8 Å². The topological polar surface area (TPSA) is 188 Å². The van der Waals surface area contributed by atoms with Crippen molar-refractivity contribution in [2.24, 2.45) is 22.9 Å². The number of rotatable bonds is 5. The maximum atomic E-state index is 11.7. The molecule has 0 amide bonds. The number of carbonyl (C=O) groups is 1. The standard InChI is InChI=1S/C21H32N10O2/c1-33-18(32)12-2-4-17(5-3-12)26-19-27-20(30-8-13(22)6-14(23)9-30)29-21(28-19)31-10-15(24)7-16(25)11-31/h2-5,13-16H,6-11,22-25H2,1H3,(H,26,27,28,29)/t13-,14+,15-,16+. The van der Waals surface area contributed by atoms with Gasteiger partial charge in [0.15, 0.2) is 0 Å². The zero-order valence-electron chi connectivity index (χ0n) is 18.7. The Balaban J connectivity index is 1.64. The van der Waals surface area contributed by atoms with Crippen LogP contribution in [0.1, 0.15) is 23.2 Å². The van der Waals surface area contributed by atoms with Gasteiger partial charge in [0.1, 0.15) is 0 Å². The number of piperidine rings is 2. The molecule has 2 aromatic rings. The second kappa shape index (κ2) is 9.83. The van der Waals surface area contributed by atoms with E-state index in [4.69, 9.17) is 32.7 Å². The number of benzene rings is 1. The van der Waals surface area contributed by atoms with Gasteiger partial charge in [-0.1, -0.05) is 0 Å². The zero-order chi connectivity index (χ0) is 23.5. The number of nitrogens with one attached hydrogen (secondary N) is 1. The van der Waals surface area contributed by atoms with Crippen molar-refractivity contribution in [3.63, 3.8) is 0 Å². The summed E-state index contributed by atoms with van der Waals surface area (Å²) in [6.07, 6.45) is 1.50. The van der Waals surface area contributed by atoms with Crippen LogP contribution in [0.15, 0.2) is 24.3 Å². The minimum absolute atomic E-state index is 0.0620. The molecule has 12 nitrogen and oxygen atoms in total. The zero-order valence-corrected chi connectivity index (χ0v) is 18.7. The molecule has 2 saturated heterocycles. The highest BCUT2D eigenvalue weighted by Crippen LogP contribution is 2.24. The third-order valence-corrected chi connectivity index (χ3v) is 5.77. The summed E-state index contributed by atoms with van der Waals surface area (Å²) in [5.74, 6) is 0.946. The molecule has 0 saturated carbocycles. The fraction of sp³-hybridized carbons (Fsp3) is 0.524. The Morgan fingerprint density at radius 1 is 0.848 bits per heavy atom. The van der Waals surface area contributed by atoms with Crippen molar-refractivity contribution in [2.75, 3.05) is 48.4 Å². The van der Waals surface area contributed by atoms with Gasteiger partial charge >= 0.3 is 5.97 Å². The normalized spacial score (nSPS) is 25.6. The number of hydrogen-bond acceptors (Lipinski definition) is 12. The lowest BCUT2D eigenvalue weighted by atomic mass is 10.0. The first-order chi connectivity index (χ1) is 15.8. The van der Waals surface area contributed by atoms with Gasteiger partial charge in [0.05, 0.1) is 12.7 Å². The van der Waals surface area contributed by atoms with Gasteiger partial charge in [0, 0.05) is 56.0 Å². The number of methoxy groups -OCH3 is 1. The van der Waals surface area contributed by atoms with E-state index in [9.17, 15) is 4.79 Å². The Bertz CT molecular complexity index is 908. The number of hydrogen-bond donors (Lipinski definition) is 5. The fourth-order valence-electron chi connectivity index (χ4n) is 4.31. The molecule has 0 radical (unpaired) electrons. The van der Waals surface area contributed by atoms with E-state index < -0.39 is 5.97 Å². The molecule has 178 valence electrons. The third kappa shape index (κ3) is 5.66. The summed E-state index contributed by atoms with van der Waals surface area (Å²) in [7, 11) is 1.35. The van der Waals surface area contributed by atoms with Crippen LogP contribution in [0.25, 0.3) is 0 Å². The van der Waals surface area contributed by atoms with Crippen molar-refractivity contribution >= 4 is 29.5 Å². The largest absolute Gasteiger partial charge is 0.465 e. The van der Waals surface area contributed by atoms with E-state index in [0.717, 1.165) is 12.8 Å². The minimum Gasteiger partial charge on any atom is -0.465 e. The van der Waals surface area contributed by atoms with E-state index in [-0.39, 0.29) is 24.2 Å². The van der Waals surface area contributed by atoms with Crippen LogP contribution in [0.3, 0.4) is 0 Å². The molecular weight excluding hydrogens is 424 g/mol. The van der Waals surface area contributed by atoms with E-state index in [1.54, 1.807) is 24.3 Å². The number of esters is 1. The van der Waals surface area contributed by atoms with Crippen LogP contribution in [0, 0.1) is 0 Å². The molecule has 2 aliphatic rings. The molecule has 3 heterocycles. The number of aromatic nitrogens is 3. The van der Waals surface area contributed by atoms with Crippen LogP contribution in [0.4, 0.5) is 23.5 Å². The number of anilines is 4. The summed E-state index contributed by atoms with van der Waals surface area (Å²) in [4.78, 5) is 29.6. The Morgan fingerprint density at radius 3 is 1.73 bits per heavy atom. The Labute approximate surface area is 192 Å². The Morgan fingerprint density at radius 2 is 1.30 bits per heavy atom. The van der Waals surface area contributed by atoms with Gasteiger partial charge < -0.3 is 42.8 Å². The van der Waals surface area contributed by atoms with Gasteiger partial charge in [0.25, 0.3) is 0 Å². The van der Waals surface area contributed by atoms with Crippen LogP contribution in [0.5, 0.6) is 0 Å². The van der Waals surface area contributed by atoms with Crippen LogP contribution >= 0.6 is 0 Å². The number of ether oxygens (including phenoxy) is 1. The average Bonchev–Trinajstić information content (AvgIpc) is 2.77. The van der Waals surface area contributed by atoms with E-state index in [0.29, 0.717) is 55.3 Å². The van der Waals surface area contributed by atoms with E-state index in [2.05, 4.69) is 15.3 Å². The maximum Gasteiger partial charge on any atom is 0.337 e. The molecule has 9 N–H and O–H groups in total. The quantitative estimate of drug-likeness (QED) is 0.350. The molecule has 2 fully saturated rings. The number of nitrogens with two attached hydrogens (primary N) is 4. The fourth-order valence-corrected chi connectivity index (χ4v) is 4.31. The molecule has 0 bridgehead atoms. The van der Waals surface area contributed by atoms with Crippen LogP contribution in [-0.2, 0) is 4.74 Å². The van der Waals surface area contributed by atoms with Crippen molar-refractivity contribution in [1.82, 2.24) is 15.0 Å². The molecular formula is C21H32N10O2. The third-order valence-electron chi connectivity index (χ3n) is 5.77. The first kappa shape index (κ1) is 23.1. The van der Waals surface area contributed by atoms with Crippen molar-refractivity contribution in [1.29, 1.82) is 0 Å². The monoisotopic (exact) mass is 456 g/mol. The molecule has 1 aromatic heterocycles. The highest BCUT2D eigenvalue weighted by atomic mass is 16.5. The lowest BCUT2D eigenvalue weighted by Crippen LogP contribution is -2.54. The Hall–Kier alpha value is -3.06. The highest BCUT2D eigenvalue weighted by molar-refractivity contribution is 5.89. The molecule has 12 heteroatoms. The number of nitrogens with zero attached hydrogens (tertiary/aromatic N) is 5. The highest BCUT2D eigenvalue weighted by Gasteiger charge is 2.28. The Kier molecular flexibility index (Phi) is 6.88. The lowest BCUT2D eigenvalue weighted by Gasteiger charge is -2.37. The predicted molar refractivity (Wildman–Crippen MR) is 126 cm³/mol. The molecule has 33 heavy (non-hydrogen) atoms. The van der Waals surface area contributed by atoms with Crippen molar-refractivity contribution in [3.05, 3.63) is 29.8 Å².